The molecule has 4 aromatic rings. The first kappa shape index (κ1) is 14.1. The fourth-order valence-corrected chi connectivity index (χ4v) is 2.36. The summed E-state index contributed by atoms with van der Waals surface area (Å²) in [7, 11) is 1.81. The number of fused-ring (bicyclic) bond motifs is 3. The Morgan fingerprint density at radius 1 is 1.25 bits per heavy atom. The Bertz CT molecular complexity index is 1050. The second-order valence-corrected chi connectivity index (χ2v) is 5.09. The van der Waals surface area contributed by atoms with Crippen molar-refractivity contribution in [3.05, 3.63) is 52.7 Å². The van der Waals surface area contributed by atoms with E-state index in [0.29, 0.717) is 17.2 Å². The highest BCUT2D eigenvalue weighted by molar-refractivity contribution is 5.88. The fraction of sp³-hybridized carbons (Fsp3) is 0.143. The molecule has 24 heavy (non-hydrogen) atoms. The minimum Gasteiger partial charge on any atom is -0.486 e. The van der Waals surface area contributed by atoms with Gasteiger partial charge in [0.05, 0.1) is 16.5 Å². The number of aromatic nitrogens is 6. The average Bonchev–Trinajstić information content (AvgIpc) is 3.16. The van der Waals surface area contributed by atoms with E-state index in [2.05, 4.69) is 20.2 Å². The molecule has 0 aliphatic carbocycles. The van der Waals surface area contributed by atoms with Crippen LogP contribution in [0, 0.1) is 10.1 Å². The molecule has 0 N–H and O–H groups in total. The summed E-state index contributed by atoms with van der Waals surface area (Å²) in [6, 6.07) is 5.84. The molecule has 0 spiro atoms. The highest BCUT2D eigenvalue weighted by Gasteiger charge is 2.12. The minimum atomic E-state index is -0.459. The molecular formula is C14H11N7O3. The van der Waals surface area contributed by atoms with Crippen LogP contribution in [0.25, 0.3) is 16.7 Å². The molecule has 10 nitrogen and oxygen atoms in total. The Hall–Kier alpha value is -3.56. The predicted molar refractivity (Wildman–Crippen MR) is 82.5 cm³/mol. The Morgan fingerprint density at radius 2 is 2.04 bits per heavy atom. The van der Waals surface area contributed by atoms with Crippen molar-refractivity contribution < 1.29 is 9.66 Å². The van der Waals surface area contributed by atoms with Crippen molar-refractivity contribution in [1.82, 2.24) is 29.4 Å². The van der Waals surface area contributed by atoms with Gasteiger partial charge in [0.15, 0.2) is 17.1 Å². The number of hydrogen-bond acceptors (Lipinski definition) is 7. The largest absolute Gasteiger partial charge is 0.486 e. The summed E-state index contributed by atoms with van der Waals surface area (Å²) in [6.07, 6.45) is 3.26. The van der Waals surface area contributed by atoms with E-state index in [9.17, 15) is 10.1 Å². The van der Waals surface area contributed by atoms with Gasteiger partial charge in [0.1, 0.15) is 18.7 Å². The molecule has 4 rings (SSSR count). The van der Waals surface area contributed by atoms with Gasteiger partial charge in [0.25, 0.3) is 5.69 Å². The lowest BCUT2D eigenvalue weighted by Crippen LogP contribution is -1.98. The van der Waals surface area contributed by atoms with Crippen molar-refractivity contribution in [3.63, 3.8) is 0 Å². The SMILES string of the molecule is Cn1ncc2c1ncn1nc(COc3ccc([N+](=O)[O-])cc3)nc21. The highest BCUT2D eigenvalue weighted by atomic mass is 16.6. The quantitative estimate of drug-likeness (QED) is 0.412. The topological polar surface area (TPSA) is 113 Å². The van der Waals surface area contributed by atoms with Gasteiger partial charge in [-0.2, -0.15) is 5.10 Å². The molecule has 3 heterocycles. The first-order chi connectivity index (χ1) is 11.6. The Balaban J connectivity index is 1.58. The third kappa shape index (κ3) is 2.29. The van der Waals surface area contributed by atoms with Gasteiger partial charge >= 0.3 is 0 Å². The Labute approximate surface area is 134 Å². The van der Waals surface area contributed by atoms with E-state index in [0.717, 1.165) is 11.0 Å². The Kier molecular flexibility index (Phi) is 3.08. The van der Waals surface area contributed by atoms with E-state index < -0.39 is 4.92 Å². The normalized spacial score (nSPS) is 11.2. The number of benzene rings is 1. The number of nitrogens with zero attached hydrogens (tertiary/aromatic N) is 7. The summed E-state index contributed by atoms with van der Waals surface area (Å²) in [5.41, 5.74) is 1.38. The number of non-ortho nitro benzene ring substituents is 1. The minimum absolute atomic E-state index is 0.0123. The zero-order valence-corrected chi connectivity index (χ0v) is 12.5. The molecule has 120 valence electrons. The monoisotopic (exact) mass is 325 g/mol. The van der Waals surface area contributed by atoms with Gasteiger partial charge in [-0.1, -0.05) is 0 Å². The van der Waals surface area contributed by atoms with Gasteiger partial charge < -0.3 is 4.74 Å². The van der Waals surface area contributed by atoms with Crippen molar-refractivity contribution in [2.24, 2.45) is 7.05 Å². The summed E-state index contributed by atoms with van der Waals surface area (Å²) in [5, 5.41) is 19.9. The molecule has 0 saturated heterocycles. The number of ether oxygens (including phenoxy) is 1. The second kappa shape index (κ2) is 5.26. The van der Waals surface area contributed by atoms with Gasteiger partial charge in [-0.15, -0.1) is 5.10 Å². The predicted octanol–water partition coefficient (Wildman–Crippen LogP) is 1.50. The van der Waals surface area contributed by atoms with Crippen LogP contribution in [-0.4, -0.2) is 34.3 Å². The third-order valence-electron chi connectivity index (χ3n) is 3.53. The van der Waals surface area contributed by atoms with E-state index in [-0.39, 0.29) is 12.3 Å². The molecule has 0 aliphatic heterocycles. The van der Waals surface area contributed by atoms with Gasteiger partial charge in [-0.3, -0.25) is 14.8 Å². The van der Waals surface area contributed by atoms with Gasteiger partial charge in [-0.25, -0.2) is 14.5 Å². The zero-order valence-electron chi connectivity index (χ0n) is 12.5. The first-order valence-electron chi connectivity index (χ1n) is 7.01. The maximum Gasteiger partial charge on any atom is 0.269 e. The maximum absolute atomic E-state index is 10.6. The van der Waals surface area contributed by atoms with Gasteiger partial charge in [0.2, 0.25) is 0 Å². The third-order valence-corrected chi connectivity index (χ3v) is 3.53. The number of nitro groups is 1. The van der Waals surface area contributed by atoms with Gasteiger partial charge in [-0.05, 0) is 12.1 Å². The van der Waals surface area contributed by atoms with Crippen molar-refractivity contribution in [1.29, 1.82) is 0 Å². The van der Waals surface area contributed by atoms with Crippen LogP contribution in [0.2, 0.25) is 0 Å². The van der Waals surface area contributed by atoms with Crippen LogP contribution in [0.3, 0.4) is 0 Å². The van der Waals surface area contributed by atoms with E-state index >= 15 is 0 Å². The molecule has 0 atom stereocenters. The number of hydrogen-bond donors (Lipinski definition) is 0. The number of nitro benzene ring substituents is 1. The molecule has 0 aliphatic rings. The van der Waals surface area contributed by atoms with Gasteiger partial charge in [0, 0.05) is 19.2 Å². The Morgan fingerprint density at radius 3 is 2.79 bits per heavy atom. The smallest absolute Gasteiger partial charge is 0.269 e. The maximum atomic E-state index is 10.6. The fourth-order valence-electron chi connectivity index (χ4n) is 2.36. The highest BCUT2D eigenvalue weighted by Crippen LogP contribution is 2.19. The molecule has 0 fully saturated rings. The molecular weight excluding hydrogens is 314 g/mol. The lowest BCUT2D eigenvalue weighted by molar-refractivity contribution is -0.384. The van der Waals surface area contributed by atoms with Crippen LogP contribution in [0.15, 0.2) is 36.8 Å². The molecule has 3 aromatic heterocycles. The first-order valence-corrected chi connectivity index (χ1v) is 7.01. The van der Waals surface area contributed by atoms with Crippen LogP contribution in [0.5, 0.6) is 5.75 Å². The van der Waals surface area contributed by atoms with Crippen molar-refractivity contribution in [2.75, 3.05) is 0 Å². The van der Waals surface area contributed by atoms with E-state index in [1.54, 1.807) is 28.8 Å². The summed E-state index contributed by atoms with van der Waals surface area (Å²) in [6.45, 7) is 0.140. The molecule has 10 heteroatoms. The standard InChI is InChI=1S/C14H11N7O3/c1-19-13-11(6-16-19)14-17-12(18-20(14)8-15-13)7-24-10-4-2-9(3-5-10)21(22)23/h2-6,8H,7H2,1H3. The molecule has 0 amide bonds. The number of rotatable bonds is 4. The van der Waals surface area contributed by atoms with Crippen LogP contribution >= 0.6 is 0 Å². The lowest BCUT2D eigenvalue weighted by atomic mass is 10.3. The molecule has 0 bridgehead atoms. The number of aryl methyl sites for hydroxylation is 1. The summed E-state index contributed by atoms with van der Waals surface area (Å²) in [4.78, 5) is 18.9. The summed E-state index contributed by atoms with van der Waals surface area (Å²) in [5.74, 6) is 0.982. The van der Waals surface area contributed by atoms with Crippen molar-refractivity contribution >= 4 is 22.4 Å². The summed E-state index contributed by atoms with van der Waals surface area (Å²) < 4.78 is 8.80. The lowest BCUT2D eigenvalue weighted by Gasteiger charge is -2.02. The zero-order chi connectivity index (χ0) is 16.7. The van der Waals surface area contributed by atoms with Crippen LogP contribution in [0.4, 0.5) is 5.69 Å². The van der Waals surface area contributed by atoms with Crippen LogP contribution in [-0.2, 0) is 13.7 Å². The van der Waals surface area contributed by atoms with E-state index in [1.807, 2.05) is 0 Å². The van der Waals surface area contributed by atoms with Crippen LogP contribution < -0.4 is 4.74 Å². The van der Waals surface area contributed by atoms with Crippen LogP contribution in [0.1, 0.15) is 5.82 Å². The molecule has 0 unspecified atom stereocenters. The average molecular weight is 325 g/mol. The van der Waals surface area contributed by atoms with E-state index in [4.69, 9.17) is 4.74 Å². The molecule has 0 radical (unpaired) electrons. The van der Waals surface area contributed by atoms with E-state index in [1.165, 1.54) is 24.3 Å². The van der Waals surface area contributed by atoms with Crippen molar-refractivity contribution in [2.45, 2.75) is 6.61 Å². The van der Waals surface area contributed by atoms with Crippen molar-refractivity contribution in [3.8, 4) is 5.75 Å². The summed E-state index contributed by atoms with van der Waals surface area (Å²) >= 11 is 0. The molecule has 0 saturated carbocycles. The second-order valence-electron chi connectivity index (χ2n) is 5.09. The molecule has 1 aromatic carbocycles.